The first-order valence-corrected chi connectivity index (χ1v) is 8.96. The van der Waals surface area contributed by atoms with Crippen LogP contribution in [0, 0.1) is 0 Å². The van der Waals surface area contributed by atoms with E-state index in [9.17, 15) is 5.11 Å². The van der Waals surface area contributed by atoms with Crippen LogP contribution in [0.25, 0.3) is 0 Å². The molecule has 2 saturated heterocycles. The highest BCUT2D eigenvalue weighted by atomic mass is 16.5. The Kier molecular flexibility index (Phi) is 5.76. The number of aliphatic hydroxyl groups is 1. The molecular formula is C19H30N2O3. The smallest absolute Gasteiger partial charge is 0.119 e. The lowest BCUT2D eigenvalue weighted by Gasteiger charge is -2.38. The van der Waals surface area contributed by atoms with Crippen molar-refractivity contribution in [2.75, 3.05) is 46.9 Å². The highest BCUT2D eigenvalue weighted by Crippen LogP contribution is 2.36. The van der Waals surface area contributed by atoms with Crippen LogP contribution in [0.1, 0.15) is 24.8 Å². The number of nitrogens with zero attached hydrogens (tertiary/aromatic N) is 2. The molecule has 5 heteroatoms. The molecule has 2 aliphatic heterocycles. The average Bonchev–Trinajstić information content (AvgIpc) is 2.91. The van der Waals surface area contributed by atoms with E-state index in [1.165, 1.54) is 5.56 Å². The quantitative estimate of drug-likeness (QED) is 0.859. The number of hydrogen-bond donors (Lipinski definition) is 1. The van der Waals surface area contributed by atoms with Gasteiger partial charge in [-0.15, -0.1) is 0 Å². The van der Waals surface area contributed by atoms with Gasteiger partial charge < -0.3 is 19.5 Å². The van der Waals surface area contributed by atoms with Crippen molar-refractivity contribution in [2.24, 2.45) is 0 Å². The summed E-state index contributed by atoms with van der Waals surface area (Å²) in [5, 5.41) is 9.73. The Labute approximate surface area is 145 Å². The van der Waals surface area contributed by atoms with Gasteiger partial charge in [-0.05, 0) is 44.6 Å². The first kappa shape index (κ1) is 17.7. The lowest BCUT2D eigenvalue weighted by Crippen LogP contribution is -2.43. The van der Waals surface area contributed by atoms with E-state index < -0.39 is 0 Å². The number of piperidine rings is 1. The van der Waals surface area contributed by atoms with Crippen molar-refractivity contribution >= 4 is 0 Å². The third-order valence-electron chi connectivity index (χ3n) is 5.07. The van der Waals surface area contributed by atoms with Crippen LogP contribution in [-0.2, 0) is 11.3 Å². The highest BCUT2D eigenvalue weighted by molar-refractivity contribution is 5.28. The molecular weight excluding hydrogens is 304 g/mol. The van der Waals surface area contributed by atoms with Crippen LogP contribution in [-0.4, -0.2) is 73.6 Å². The number of ether oxygens (including phenoxy) is 2. The van der Waals surface area contributed by atoms with Gasteiger partial charge in [0.25, 0.3) is 0 Å². The SMILES string of the molecule is CN(C)CCOc1cccc(CN2CCC3(CC2)C[C@@H](O)CO3)c1. The second kappa shape index (κ2) is 7.83. The molecule has 1 atom stereocenters. The molecule has 0 bridgehead atoms. The molecule has 0 saturated carbocycles. The van der Waals surface area contributed by atoms with Crippen molar-refractivity contribution in [1.29, 1.82) is 0 Å². The molecule has 1 N–H and O–H groups in total. The van der Waals surface area contributed by atoms with Gasteiger partial charge in [0.1, 0.15) is 12.4 Å². The minimum atomic E-state index is -0.271. The van der Waals surface area contributed by atoms with Crippen LogP contribution in [0.15, 0.2) is 24.3 Å². The number of benzene rings is 1. The second-order valence-electron chi connectivity index (χ2n) is 7.43. The van der Waals surface area contributed by atoms with Crippen LogP contribution in [0.2, 0.25) is 0 Å². The zero-order valence-electron chi connectivity index (χ0n) is 14.9. The molecule has 2 aliphatic rings. The van der Waals surface area contributed by atoms with Gasteiger partial charge in [-0.25, -0.2) is 0 Å². The molecule has 1 aromatic carbocycles. The molecule has 2 heterocycles. The largest absolute Gasteiger partial charge is 0.492 e. The maximum Gasteiger partial charge on any atom is 0.119 e. The summed E-state index contributed by atoms with van der Waals surface area (Å²) in [6.45, 7) is 5.14. The molecule has 0 unspecified atom stereocenters. The molecule has 0 amide bonds. The van der Waals surface area contributed by atoms with Crippen molar-refractivity contribution in [3.05, 3.63) is 29.8 Å². The fourth-order valence-corrected chi connectivity index (χ4v) is 3.63. The van der Waals surface area contributed by atoms with E-state index in [-0.39, 0.29) is 11.7 Å². The van der Waals surface area contributed by atoms with E-state index in [1.54, 1.807) is 0 Å². The maximum absolute atomic E-state index is 9.73. The molecule has 1 aromatic rings. The molecule has 134 valence electrons. The predicted molar refractivity (Wildman–Crippen MR) is 94.3 cm³/mol. The van der Waals surface area contributed by atoms with Crippen LogP contribution >= 0.6 is 0 Å². The fraction of sp³-hybridized carbons (Fsp3) is 0.684. The molecule has 5 nitrogen and oxygen atoms in total. The summed E-state index contributed by atoms with van der Waals surface area (Å²) in [6.07, 6.45) is 2.56. The Morgan fingerprint density at radius 2 is 2.12 bits per heavy atom. The van der Waals surface area contributed by atoms with Gasteiger partial charge in [0, 0.05) is 32.6 Å². The van der Waals surface area contributed by atoms with Crippen LogP contribution in [0.4, 0.5) is 0 Å². The first-order valence-electron chi connectivity index (χ1n) is 8.96. The van der Waals surface area contributed by atoms with E-state index in [1.807, 2.05) is 6.07 Å². The summed E-state index contributed by atoms with van der Waals surface area (Å²) in [5.74, 6) is 0.949. The topological polar surface area (TPSA) is 45.2 Å². The van der Waals surface area contributed by atoms with Gasteiger partial charge >= 0.3 is 0 Å². The van der Waals surface area contributed by atoms with E-state index in [4.69, 9.17) is 9.47 Å². The molecule has 1 spiro atoms. The lowest BCUT2D eigenvalue weighted by molar-refractivity contribution is -0.0456. The Balaban J connectivity index is 1.48. The Morgan fingerprint density at radius 3 is 2.79 bits per heavy atom. The zero-order chi connectivity index (χ0) is 17.0. The standard InChI is InChI=1S/C19H30N2O3/c1-20(2)10-11-23-18-5-3-4-16(12-18)14-21-8-6-19(7-9-21)13-17(22)15-24-19/h3-5,12,17,22H,6-11,13-15H2,1-2H3/t17-/m1/s1. The summed E-state index contributed by atoms with van der Waals surface area (Å²) in [5.41, 5.74) is 1.23. The summed E-state index contributed by atoms with van der Waals surface area (Å²) in [7, 11) is 4.10. The summed E-state index contributed by atoms with van der Waals surface area (Å²) >= 11 is 0. The average molecular weight is 334 g/mol. The zero-order valence-corrected chi connectivity index (χ0v) is 14.9. The Bertz CT molecular complexity index is 527. The number of likely N-dealkylation sites (N-methyl/N-ethyl adjacent to an activating group) is 1. The van der Waals surface area contributed by atoms with Crippen molar-refractivity contribution < 1.29 is 14.6 Å². The van der Waals surface area contributed by atoms with Gasteiger partial charge in [0.2, 0.25) is 0 Å². The third kappa shape index (κ3) is 4.70. The fourth-order valence-electron chi connectivity index (χ4n) is 3.63. The van der Waals surface area contributed by atoms with Crippen molar-refractivity contribution in [3.8, 4) is 5.75 Å². The molecule has 0 radical (unpaired) electrons. The normalized spacial score (nSPS) is 23.9. The summed E-state index contributed by atoms with van der Waals surface area (Å²) in [6, 6.07) is 8.41. The molecule has 24 heavy (non-hydrogen) atoms. The number of rotatable bonds is 6. The monoisotopic (exact) mass is 334 g/mol. The maximum atomic E-state index is 9.73. The third-order valence-corrected chi connectivity index (χ3v) is 5.07. The van der Waals surface area contributed by atoms with E-state index >= 15 is 0 Å². The predicted octanol–water partition coefficient (Wildman–Crippen LogP) is 1.74. The van der Waals surface area contributed by atoms with Crippen LogP contribution < -0.4 is 4.74 Å². The summed E-state index contributed by atoms with van der Waals surface area (Å²) < 4.78 is 11.7. The minimum absolute atomic E-state index is 0.0624. The number of hydrogen-bond acceptors (Lipinski definition) is 5. The van der Waals surface area contributed by atoms with Crippen LogP contribution in [0.3, 0.4) is 0 Å². The highest BCUT2D eigenvalue weighted by Gasteiger charge is 2.41. The molecule has 2 fully saturated rings. The number of aliphatic hydroxyl groups excluding tert-OH is 1. The van der Waals surface area contributed by atoms with E-state index in [0.717, 1.165) is 51.2 Å². The van der Waals surface area contributed by atoms with Gasteiger partial charge in [-0.1, -0.05) is 12.1 Å². The van der Waals surface area contributed by atoms with Crippen LogP contribution in [0.5, 0.6) is 5.75 Å². The van der Waals surface area contributed by atoms with Gasteiger partial charge in [0.15, 0.2) is 0 Å². The summed E-state index contributed by atoms with van der Waals surface area (Å²) in [4.78, 5) is 4.59. The van der Waals surface area contributed by atoms with Gasteiger partial charge in [-0.3, -0.25) is 4.90 Å². The Morgan fingerprint density at radius 1 is 1.33 bits per heavy atom. The lowest BCUT2D eigenvalue weighted by atomic mass is 9.88. The van der Waals surface area contributed by atoms with E-state index in [0.29, 0.717) is 13.2 Å². The minimum Gasteiger partial charge on any atom is -0.492 e. The molecule has 0 aromatic heterocycles. The van der Waals surface area contributed by atoms with Crippen molar-refractivity contribution in [2.45, 2.75) is 37.5 Å². The molecule has 3 rings (SSSR count). The van der Waals surface area contributed by atoms with E-state index in [2.05, 4.69) is 42.1 Å². The first-order chi connectivity index (χ1) is 11.5. The van der Waals surface area contributed by atoms with Crippen molar-refractivity contribution in [1.82, 2.24) is 9.80 Å². The molecule has 0 aliphatic carbocycles. The van der Waals surface area contributed by atoms with Crippen molar-refractivity contribution in [3.63, 3.8) is 0 Å². The second-order valence-corrected chi connectivity index (χ2v) is 7.43. The van der Waals surface area contributed by atoms with Gasteiger partial charge in [-0.2, -0.15) is 0 Å². The number of likely N-dealkylation sites (tertiary alicyclic amines) is 1. The van der Waals surface area contributed by atoms with Gasteiger partial charge in [0.05, 0.1) is 18.3 Å². The Hall–Kier alpha value is -1.14.